The van der Waals surface area contributed by atoms with Crippen LogP contribution in [0.3, 0.4) is 0 Å². The molecule has 8 nitrogen and oxygen atoms in total. The van der Waals surface area contributed by atoms with Crippen molar-refractivity contribution in [3.05, 3.63) is 70.7 Å². The predicted molar refractivity (Wildman–Crippen MR) is 162 cm³/mol. The molecular formula is C33H42ClN3O5. The Morgan fingerprint density at radius 2 is 1.76 bits per heavy atom. The van der Waals surface area contributed by atoms with Crippen LogP contribution in [0.15, 0.2) is 54.6 Å². The molecule has 0 radical (unpaired) electrons. The Bertz CT molecular complexity index is 1230. The Balaban J connectivity index is 1.52. The van der Waals surface area contributed by atoms with Gasteiger partial charge in [-0.15, -0.1) is 0 Å². The van der Waals surface area contributed by atoms with Crippen molar-refractivity contribution in [1.82, 2.24) is 16.0 Å². The third-order valence-electron chi connectivity index (χ3n) is 8.65. The van der Waals surface area contributed by atoms with Crippen LogP contribution in [0.25, 0.3) is 0 Å². The van der Waals surface area contributed by atoms with Gasteiger partial charge < -0.3 is 25.5 Å². The van der Waals surface area contributed by atoms with Crippen LogP contribution in [0.5, 0.6) is 0 Å². The molecule has 4 unspecified atom stereocenters. The number of halogens is 1. The first-order valence-corrected chi connectivity index (χ1v) is 15.4. The molecule has 4 atom stereocenters. The van der Waals surface area contributed by atoms with Crippen molar-refractivity contribution in [2.75, 3.05) is 6.54 Å². The molecule has 0 spiro atoms. The first-order chi connectivity index (χ1) is 20.2. The zero-order valence-corrected chi connectivity index (χ0v) is 25.2. The first kappa shape index (κ1) is 31.5. The quantitative estimate of drug-likeness (QED) is 0.275. The number of carbonyl (C=O) groups excluding carboxylic acids is 4. The Hall–Kier alpha value is -3.39. The van der Waals surface area contributed by atoms with E-state index in [1.54, 1.807) is 6.07 Å². The van der Waals surface area contributed by atoms with E-state index in [0.717, 1.165) is 43.2 Å². The lowest BCUT2D eigenvalue weighted by Gasteiger charge is -2.35. The number of alkyl carbamates (subject to hydrolysis) is 1. The number of amides is 3. The van der Waals surface area contributed by atoms with Crippen LogP contribution in [0.4, 0.5) is 4.79 Å². The zero-order valence-electron chi connectivity index (χ0n) is 24.4. The summed E-state index contributed by atoms with van der Waals surface area (Å²) in [6, 6.07) is 15.3. The van der Waals surface area contributed by atoms with Gasteiger partial charge in [0.1, 0.15) is 18.4 Å². The second kappa shape index (κ2) is 14.7. The van der Waals surface area contributed by atoms with Gasteiger partial charge in [0.25, 0.3) is 0 Å². The number of benzene rings is 2. The largest absolute Gasteiger partial charge is 0.440 e. The van der Waals surface area contributed by atoms with Crippen molar-refractivity contribution >= 4 is 35.8 Å². The van der Waals surface area contributed by atoms with Crippen molar-refractivity contribution in [2.45, 2.75) is 88.8 Å². The highest BCUT2D eigenvalue weighted by molar-refractivity contribution is 6.30. The lowest BCUT2D eigenvalue weighted by molar-refractivity contribution is -0.127. The highest BCUT2D eigenvalue weighted by Crippen LogP contribution is 2.40. The van der Waals surface area contributed by atoms with Gasteiger partial charge in [-0.1, -0.05) is 100 Å². The van der Waals surface area contributed by atoms with Crippen molar-refractivity contribution in [3.63, 3.8) is 0 Å². The van der Waals surface area contributed by atoms with Crippen molar-refractivity contribution in [1.29, 1.82) is 0 Å². The van der Waals surface area contributed by atoms with Crippen LogP contribution in [0, 0.1) is 11.8 Å². The number of ether oxygens (including phenoxy) is 1. The lowest BCUT2D eigenvalue weighted by Crippen LogP contribution is -2.52. The van der Waals surface area contributed by atoms with E-state index in [2.05, 4.69) is 16.0 Å². The maximum atomic E-state index is 13.5. The number of rotatable bonds is 12. The molecule has 3 amide bonds. The topological polar surface area (TPSA) is 114 Å². The smallest absolute Gasteiger partial charge is 0.408 e. The molecule has 2 aromatic carbocycles. The van der Waals surface area contributed by atoms with Crippen LogP contribution in [0.1, 0.15) is 82.4 Å². The van der Waals surface area contributed by atoms with Crippen LogP contribution in [0.2, 0.25) is 5.02 Å². The Morgan fingerprint density at radius 1 is 1.02 bits per heavy atom. The van der Waals surface area contributed by atoms with E-state index in [-0.39, 0.29) is 24.2 Å². The zero-order chi connectivity index (χ0) is 30.1. The highest BCUT2D eigenvalue weighted by atomic mass is 35.5. The van der Waals surface area contributed by atoms with Crippen LogP contribution >= 0.6 is 11.6 Å². The average Bonchev–Trinajstić information content (AvgIpc) is 3.39. The van der Waals surface area contributed by atoms with Gasteiger partial charge in [0.2, 0.25) is 11.8 Å². The number of nitrogens with one attached hydrogen (secondary N) is 3. The molecule has 4 rings (SSSR count). The molecule has 0 aromatic heterocycles. The van der Waals surface area contributed by atoms with E-state index in [9.17, 15) is 19.2 Å². The summed E-state index contributed by atoms with van der Waals surface area (Å²) >= 11 is 6.31. The Labute approximate surface area is 253 Å². The maximum absolute atomic E-state index is 13.5. The highest BCUT2D eigenvalue weighted by Gasteiger charge is 2.37. The van der Waals surface area contributed by atoms with Crippen molar-refractivity contribution < 1.29 is 23.9 Å². The normalized spacial score (nSPS) is 19.7. The molecule has 42 heavy (non-hydrogen) atoms. The van der Waals surface area contributed by atoms with Gasteiger partial charge in [0.05, 0.1) is 6.04 Å². The fraction of sp³-hybridized carbons (Fsp3) is 0.515. The van der Waals surface area contributed by atoms with E-state index in [0.29, 0.717) is 30.7 Å². The summed E-state index contributed by atoms with van der Waals surface area (Å²) in [5.41, 5.74) is 1.05. The number of hydrogen-bond donors (Lipinski definition) is 3. The summed E-state index contributed by atoms with van der Waals surface area (Å²) in [4.78, 5) is 51.0. The minimum Gasteiger partial charge on any atom is -0.440 e. The molecule has 2 aliphatic rings. The van der Waals surface area contributed by atoms with Gasteiger partial charge in [-0.05, 0) is 48.4 Å². The Morgan fingerprint density at radius 3 is 2.40 bits per heavy atom. The van der Waals surface area contributed by atoms with E-state index in [4.69, 9.17) is 16.3 Å². The van der Waals surface area contributed by atoms with E-state index in [1.807, 2.05) is 62.4 Å². The standard InChI is InChI=1S/C33H42ClN3O5/c1-33(2,25-14-9-15-26(34)20-25)29(23-12-7-4-8-13-23)42-32(41)37-28(18-22-10-5-3-6-11-22)31(40)36-27(21-38)19-24-16-17-35-30(24)39/h4,7-9,12-15,20-22,24,27-29H,3,5-6,10-11,16-19H2,1-2H3,(H,35,39)(H,36,40)(H,37,41). The molecule has 226 valence electrons. The molecule has 2 fully saturated rings. The predicted octanol–water partition coefficient (Wildman–Crippen LogP) is 5.63. The van der Waals surface area contributed by atoms with Gasteiger partial charge in [0.15, 0.2) is 0 Å². The summed E-state index contributed by atoms with van der Waals surface area (Å²) in [6.07, 6.45) is 5.86. The average molecular weight is 596 g/mol. The molecule has 1 saturated carbocycles. The fourth-order valence-corrected chi connectivity index (χ4v) is 6.37. The summed E-state index contributed by atoms with van der Waals surface area (Å²) < 4.78 is 6.12. The monoisotopic (exact) mass is 595 g/mol. The molecule has 1 aliphatic heterocycles. The molecule has 9 heteroatoms. The molecule has 1 saturated heterocycles. The van der Waals surface area contributed by atoms with Gasteiger partial charge in [-0.2, -0.15) is 0 Å². The minimum atomic E-state index is -0.883. The number of aldehydes is 1. The van der Waals surface area contributed by atoms with Gasteiger partial charge in [-0.3, -0.25) is 9.59 Å². The molecule has 3 N–H and O–H groups in total. The van der Waals surface area contributed by atoms with Crippen LogP contribution in [-0.4, -0.2) is 42.8 Å². The second-order valence-corrected chi connectivity index (χ2v) is 12.6. The lowest BCUT2D eigenvalue weighted by atomic mass is 9.76. The first-order valence-electron chi connectivity index (χ1n) is 15.0. The molecule has 1 aliphatic carbocycles. The summed E-state index contributed by atoms with van der Waals surface area (Å²) in [6.45, 7) is 4.54. The Kier molecular flexibility index (Phi) is 11.0. The fourth-order valence-electron chi connectivity index (χ4n) is 6.18. The molecule has 2 aromatic rings. The summed E-state index contributed by atoms with van der Waals surface area (Å²) in [5, 5.41) is 8.97. The second-order valence-electron chi connectivity index (χ2n) is 12.1. The third kappa shape index (κ3) is 8.34. The van der Waals surface area contributed by atoms with Crippen LogP contribution in [-0.2, 0) is 24.5 Å². The van der Waals surface area contributed by atoms with E-state index >= 15 is 0 Å². The SMILES string of the molecule is CC(C)(c1cccc(Cl)c1)C(OC(=O)NC(CC1CCCCC1)C(=O)NC(C=O)CC1CCNC1=O)c1ccccc1. The van der Waals surface area contributed by atoms with Gasteiger partial charge >= 0.3 is 6.09 Å². The van der Waals surface area contributed by atoms with Crippen molar-refractivity contribution in [2.24, 2.45) is 11.8 Å². The third-order valence-corrected chi connectivity index (χ3v) is 8.88. The van der Waals surface area contributed by atoms with Gasteiger partial charge in [0, 0.05) is 22.9 Å². The molecule has 1 heterocycles. The van der Waals surface area contributed by atoms with E-state index < -0.39 is 35.6 Å². The van der Waals surface area contributed by atoms with E-state index in [1.165, 1.54) is 0 Å². The summed E-state index contributed by atoms with van der Waals surface area (Å²) in [7, 11) is 0. The van der Waals surface area contributed by atoms with Crippen molar-refractivity contribution in [3.8, 4) is 0 Å². The van der Waals surface area contributed by atoms with Gasteiger partial charge in [-0.25, -0.2) is 4.79 Å². The molecule has 0 bridgehead atoms. The maximum Gasteiger partial charge on any atom is 0.408 e. The minimum absolute atomic E-state index is 0.106. The van der Waals surface area contributed by atoms with Crippen LogP contribution < -0.4 is 16.0 Å². The number of carbonyl (C=O) groups is 4. The summed E-state index contributed by atoms with van der Waals surface area (Å²) in [5.74, 6) is -0.599. The number of hydrogen-bond acceptors (Lipinski definition) is 5. The molecular weight excluding hydrogens is 554 g/mol.